The van der Waals surface area contributed by atoms with Crippen molar-refractivity contribution in [3.05, 3.63) is 36.4 Å². The van der Waals surface area contributed by atoms with Crippen LogP contribution in [-0.2, 0) is 0 Å². The smallest absolute Gasteiger partial charge is 0.244 e. The third-order valence-electron chi connectivity index (χ3n) is 3.28. The number of hydrogen-bond donors (Lipinski definition) is 2. The molecule has 3 N–H and O–H groups in total. The molecule has 0 bridgehead atoms. The SMILES string of the molecule is CC(C)C(N)c1nc(-c2c[nH]c3ccccc23)no1. The fourth-order valence-electron chi connectivity index (χ4n) is 2.02. The van der Waals surface area contributed by atoms with E-state index in [0.29, 0.717) is 11.7 Å². The van der Waals surface area contributed by atoms with E-state index >= 15 is 0 Å². The van der Waals surface area contributed by atoms with E-state index in [1.807, 2.05) is 44.3 Å². The summed E-state index contributed by atoms with van der Waals surface area (Å²) in [6.45, 7) is 4.06. The molecule has 2 heterocycles. The molecule has 98 valence electrons. The molecule has 0 amide bonds. The summed E-state index contributed by atoms with van der Waals surface area (Å²) in [5.41, 5.74) is 8.00. The maximum atomic E-state index is 6.01. The molecule has 0 saturated carbocycles. The normalized spacial score (nSPS) is 13.3. The standard InChI is InChI=1S/C14H16N4O/c1-8(2)12(15)14-17-13(18-19-14)10-7-16-11-6-4-3-5-9(10)11/h3-8,12,16H,15H2,1-2H3. The van der Waals surface area contributed by atoms with E-state index < -0.39 is 0 Å². The van der Waals surface area contributed by atoms with E-state index in [-0.39, 0.29) is 12.0 Å². The largest absolute Gasteiger partial charge is 0.360 e. The molecule has 0 fully saturated rings. The molecule has 3 rings (SSSR count). The Balaban J connectivity index is 2.03. The second-order valence-electron chi connectivity index (χ2n) is 4.97. The summed E-state index contributed by atoms with van der Waals surface area (Å²) in [6, 6.07) is 7.78. The van der Waals surface area contributed by atoms with Crippen LogP contribution < -0.4 is 5.73 Å². The monoisotopic (exact) mass is 256 g/mol. The average Bonchev–Trinajstić information content (AvgIpc) is 3.03. The Bertz CT molecular complexity index is 698. The highest BCUT2D eigenvalue weighted by Gasteiger charge is 2.19. The first-order valence-electron chi connectivity index (χ1n) is 6.32. The van der Waals surface area contributed by atoms with Gasteiger partial charge in [-0.25, -0.2) is 0 Å². The Morgan fingerprint density at radius 1 is 1.26 bits per heavy atom. The Hall–Kier alpha value is -2.14. The van der Waals surface area contributed by atoms with Crippen LogP contribution in [0.3, 0.4) is 0 Å². The molecule has 5 heteroatoms. The number of nitrogens with two attached hydrogens (primary N) is 1. The van der Waals surface area contributed by atoms with Crippen molar-refractivity contribution >= 4 is 10.9 Å². The van der Waals surface area contributed by atoms with E-state index in [1.54, 1.807) is 0 Å². The van der Waals surface area contributed by atoms with Crippen molar-refractivity contribution < 1.29 is 4.52 Å². The van der Waals surface area contributed by atoms with Crippen LogP contribution in [0.4, 0.5) is 0 Å². The molecule has 1 unspecified atom stereocenters. The van der Waals surface area contributed by atoms with Gasteiger partial charge in [-0.05, 0) is 12.0 Å². The van der Waals surface area contributed by atoms with Crippen molar-refractivity contribution in [2.45, 2.75) is 19.9 Å². The van der Waals surface area contributed by atoms with Crippen molar-refractivity contribution in [2.24, 2.45) is 11.7 Å². The van der Waals surface area contributed by atoms with Gasteiger partial charge in [0, 0.05) is 22.7 Å². The lowest BCUT2D eigenvalue weighted by molar-refractivity contribution is 0.325. The van der Waals surface area contributed by atoms with Gasteiger partial charge < -0.3 is 15.2 Å². The van der Waals surface area contributed by atoms with E-state index in [2.05, 4.69) is 15.1 Å². The van der Waals surface area contributed by atoms with Gasteiger partial charge in [0.25, 0.3) is 0 Å². The Morgan fingerprint density at radius 3 is 2.84 bits per heavy atom. The summed E-state index contributed by atoms with van der Waals surface area (Å²) in [4.78, 5) is 7.60. The van der Waals surface area contributed by atoms with Gasteiger partial charge >= 0.3 is 0 Å². The average molecular weight is 256 g/mol. The number of H-pyrrole nitrogens is 1. The molecule has 19 heavy (non-hydrogen) atoms. The third-order valence-corrected chi connectivity index (χ3v) is 3.28. The topological polar surface area (TPSA) is 80.7 Å². The Morgan fingerprint density at radius 2 is 2.05 bits per heavy atom. The molecular formula is C14H16N4O. The predicted molar refractivity (Wildman–Crippen MR) is 73.4 cm³/mol. The molecule has 2 aromatic heterocycles. The summed E-state index contributed by atoms with van der Waals surface area (Å²) < 4.78 is 5.26. The fourth-order valence-corrected chi connectivity index (χ4v) is 2.02. The summed E-state index contributed by atoms with van der Waals surface area (Å²) in [5.74, 6) is 1.31. The van der Waals surface area contributed by atoms with Gasteiger partial charge in [-0.1, -0.05) is 37.2 Å². The molecule has 1 atom stereocenters. The van der Waals surface area contributed by atoms with E-state index in [1.165, 1.54) is 0 Å². The van der Waals surface area contributed by atoms with Crippen LogP contribution in [-0.4, -0.2) is 15.1 Å². The number of aromatic amines is 1. The van der Waals surface area contributed by atoms with Gasteiger partial charge in [0.15, 0.2) is 0 Å². The summed E-state index contributed by atoms with van der Waals surface area (Å²) in [6.07, 6.45) is 1.89. The highest BCUT2D eigenvalue weighted by atomic mass is 16.5. The summed E-state index contributed by atoms with van der Waals surface area (Å²) in [7, 11) is 0. The van der Waals surface area contributed by atoms with Crippen LogP contribution in [0.25, 0.3) is 22.3 Å². The zero-order valence-corrected chi connectivity index (χ0v) is 10.9. The number of fused-ring (bicyclic) bond motifs is 1. The third kappa shape index (κ3) is 2.02. The first kappa shape index (κ1) is 11.9. The van der Waals surface area contributed by atoms with Crippen LogP contribution in [0.5, 0.6) is 0 Å². The van der Waals surface area contributed by atoms with Crippen LogP contribution in [0, 0.1) is 5.92 Å². The van der Waals surface area contributed by atoms with Gasteiger partial charge in [0.1, 0.15) is 0 Å². The van der Waals surface area contributed by atoms with Gasteiger partial charge in [-0.3, -0.25) is 0 Å². The van der Waals surface area contributed by atoms with Crippen molar-refractivity contribution in [3.8, 4) is 11.4 Å². The quantitative estimate of drug-likeness (QED) is 0.755. The van der Waals surface area contributed by atoms with Crippen LogP contribution in [0.15, 0.2) is 35.0 Å². The molecular weight excluding hydrogens is 240 g/mol. The lowest BCUT2D eigenvalue weighted by Crippen LogP contribution is -2.16. The summed E-state index contributed by atoms with van der Waals surface area (Å²) in [5, 5.41) is 5.10. The van der Waals surface area contributed by atoms with Gasteiger partial charge in [0.2, 0.25) is 11.7 Å². The molecule has 5 nitrogen and oxygen atoms in total. The van der Waals surface area contributed by atoms with Gasteiger partial charge in [-0.15, -0.1) is 0 Å². The van der Waals surface area contributed by atoms with Gasteiger partial charge in [0.05, 0.1) is 6.04 Å². The minimum Gasteiger partial charge on any atom is -0.360 e. The number of nitrogens with one attached hydrogen (secondary N) is 1. The number of hydrogen-bond acceptors (Lipinski definition) is 4. The fraction of sp³-hybridized carbons (Fsp3) is 0.286. The first-order valence-corrected chi connectivity index (χ1v) is 6.32. The van der Waals surface area contributed by atoms with E-state index in [9.17, 15) is 0 Å². The molecule has 0 saturated heterocycles. The highest BCUT2D eigenvalue weighted by Crippen LogP contribution is 2.27. The lowest BCUT2D eigenvalue weighted by Gasteiger charge is -2.09. The van der Waals surface area contributed by atoms with Crippen molar-refractivity contribution in [1.29, 1.82) is 0 Å². The second kappa shape index (κ2) is 4.51. The van der Waals surface area contributed by atoms with Crippen LogP contribution >= 0.6 is 0 Å². The Kier molecular flexibility index (Phi) is 2.83. The minimum absolute atomic E-state index is 0.230. The number of para-hydroxylation sites is 1. The van der Waals surface area contributed by atoms with Crippen molar-refractivity contribution in [2.75, 3.05) is 0 Å². The molecule has 0 radical (unpaired) electrons. The molecule has 0 aliphatic carbocycles. The number of aromatic nitrogens is 3. The summed E-state index contributed by atoms with van der Waals surface area (Å²) >= 11 is 0. The van der Waals surface area contributed by atoms with E-state index in [4.69, 9.17) is 10.3 Å². The molecule has 0 spiro atoms. The molecule has 0 aliphatic heterocycles. The second-order valence-corrected chi connectivity index (χ2v) is 4.97. The zero-order valence-electron chi connectivity index (χ0n) is 10.9. The minimum atomic E-state index is -0.230. The van der Waals surface area contributed by atoms with Crippen LogP contribution in [0.1, 0.15) is 25.8 Å². The molecule has 1 aromatic carbocycles. The van der Waals surface area contributed by atoms with E-state index in [0.717, 1.165) is 16.5 Å². The lowest BCUT2D eigenvalue weighted by atomic mass is 10.1. The highest BCUT2D eigenvalue weighted by molar-refractivity contribution is 5.93. The van der Waals surface area contributed by atoms with Gasteiger partial charge in [-0.2, -0.15) is 4.98 Å². The van der Waals surface area contributed by atoms with Crippen molar-refractivity contribution in [1.82, 2.24) is 15.1 Å². The Labute approximate surface area is 110 Å². The first-order chi connectivity index (χ1) is 9.16. The van der Waals surface area contributed by atoms with Crippen LogP contribution in [0.2, 0.25) is 0 Å². The van der Waals surface area contributed by atoms with Crippen molar-refractivity contribution in [3.63, 3.8) is 0 Å². The number of benzene rings is 1. The number of rotatable bonds is 3. The number of nitrogens with zero attached hydrogens (tertiary/aromatic N) is 2. The molecule has 0 aliphatic rings. The maximum absolute atomic E-state index is 6.01. The predicted octanol–water partition coefficient (Wildman–Crippen LogP) is 2.87. The maximum Gasteiger partial charge on any atom is 0.244 e. The zero-order chi connectivity index (χ0) is 13.4. The molecule has 3 aromatic rings.